The van der Waals surface area contributed by atoms with Gasteiger partial charge in [-0.05, 0) is 31.2 Å². The third-order valence-corrected chi connectivity index (χ3v) is 4.35. The van der Waals surface area contributed by atoms with Gasteiger partial charge in [0.15, 0.2) is 0 Å². The van der Waals surface area contributed by atoms with E-state index in [-0.39, 0.29) is 17.9 Å². The van der Waals surface area contributed by atoms with E-state index in [1.54, 1.807) is 0 Å². The van der Waals surface area contributed by atoms with Gasteiger partial charge in [-0.3, -0.25) is 4.79 Å². The Morgan fingerprint density at radius 2 is 2.11 bits per heavy atom. The normalized spacial score (nSPS) is 21.2. The summed E-state index contributed by atoms with van der Waals surface area (Å²) in [6, 6.07) is 10.3. The van der Waals surface area contributed by atoms with Crippen LogP contribution < -0.4 is 0 Å². The molecular weight excluding hydrogens is 258 g/mol. The largest absolute Gasteiger partial charge is 0.338 e. The molecule has 1 aliphatic rings. The predicted octanol–water partition coefficient (Wildman–Crippen LogP) is 3.80. The second-order valence-corrected chi connectivity index (χ2v) is 5.52. The van der Waals surface area contributed by atoms with Crippen LogP contribution in [0.4, 0.5) is 0 Å². The maximum absolute atomic E-state index is 12.8. The van der Waals surface area contributed by atoms with E-state index in [1.165, 1.54) is 6.42 Å². The van der Waals surface area contributed by atoms with Crippen molar-refractivity contribution in [2.75, 3.05) is 12.4 Å². The number of alkyl halides is 1. The standard InChI is InChI=1S/C16H22ClNO/c1-2-15(13-8-4-3-5-9-13)16(19)18-11-7-6-10-14(18)12-17/h3-5,8-9,14-15H,2,6-7,10-12H2,1H3. The molecule has 1 heterocycles. The van der Waals surface area contributed by atoms with Gasteiger partial charge in [0.1, 0.15) is 0 Å². The number of carbonyl (C=O) groups excluding carboxylic acids is 1. The van der Waals surface area contributed by atoms with Crippen LogP contribution in [-0.4, -0.2) is 29.3 Å². The maximum Gasteiger partial charge on any atom is 0.230 e. The van der Waals surface area contributed by atoms with Crippen molar-refractivity contribution < 1.29 is 4.79 Å². The summed E-state index contributed by atoms with van der Waals surface area (Å²) < 4.78 is 0. The molecule has 2 atom stereocenters. The summed E-state index contributed by atoms with van der Waals surface area (Å²) in [5.74, 6) is 0.779. The Kier molecular flexibility index (Phi) is 5.26. The lowest BCUT2D eigenvalue weighted by Crippen LogP contribution is -2.46. The SMILES string of the molecule is CCC(C(=O)N1CCCCC1CCl)c1ccccc1. The number of piperidine rings is 1. The lowest BCUT2D eigenvalue weighted by atomic mass is 9.92. The molecule has 1 saturated heterocycles. The first kappa shape index (κ1) is 14.4. The van der Waals surface area contributed by atoms with Crippen LogP contribution in [0.3, 0.4) is 0 Å². The summed E-state index contributed by atoms with van der Waals surface area (Å²) in [6.45, 7) is 2.94. The van der Waals surface area contributed by atoms with E-state index in [0.29, 0.717) is 5.88 Å². The molecule has 0 radical (unpaired) electrons. The zero-order valence-corrected chi connectivity index (χ0v) is 12.3. The number of nitrogens with zero attached hydrogens (tertiary/aromatic N) is 1. The summed E-state index contributed by atoms with van der Waals surface area (Å²) in [5, 5.41) is 0. The maximum atomic E-state index is 12.8. The van der Waals surface area contributed by atoms with Gasteiger partial charge in [-0.1, -0.05) is 37.3 Å². The van der Waals surface area contributed by atoms with E-state index in [1.807, 2.05) is 35.2 Å². The fourth-order valence-corrected chi connectivity index (χ4v) is 3.21. The van der Waals surface area contributed by atoms with E-state index >= 15 is 0 Å². The molecule has 3 heteroatoms. The summed E-state index contributed by atoms with van der Waals surface area (Å²) in [5.41, 5.74) is 1.12. The van der Waals surface area contributed by atoms with Crippen LogP contribution in [0.25, 0.3) is 0 Å². The highest BCUT2D eigenvalue weighted by atomic mass is 35.5. The smallest absolute Gasteiger partial charge is 0.230 e. The Balaban J connectivity index is 2.16. The Labute approximate surface area is 120 Å². The average molecular weight is 280 g/mol. The molecule has 0 bridgehead atoms. The van der Waals surface area contributed by atoms with Gasteiger partial charge in [0.05, 0.1) is 5.92 Å². The van der Waals surface area contributed by atoms with Crippen LogP contribution in [0.2, 0.25) is 0 Å². The van der Waals surface area contributed by atoms with Crippen molar-refractivity contribution in [3.63, 3.8) is 0 Å². The minimum absolute atomic E-state index is 0.0231. The molecule has 2 unspecified atom stereocenters. The highest BCUT2D eigenvalue weighted by Crippen LogP contribution is 2.26. The second kappa shape index (κ2) is 6.95. The monoisotopic (exact) mass is 279 g/mol. The topological polar surface area (TPSA) is 20.3 Å². The lowest BCUT2D eigenvalue weighted by molar-refractivity contribution is -0.136. The van der Waals surface area contributed by atoms with Crippen molar-refractivity contribution in [3.8, 4) is 0 Å². The quantitative estimate of drug-likeness (QED) is 0.768. The fourth-order valence-electron chi connectivity index (χ4n) is 2.89. The van der Waals surface area contributed by atoms with Crippen LogP contribution in [0.5, 0.6) is 0 Å². The Hall–Kier alpha value is -1.02. The van der Waals surface area contributed by atoms with Gasteiger partial charge in [0, 0.05) is 18.5 Å². The van der Waals surface area contributed by atoms with E-state index in [9.17, 15) is 4.79 Å². The summed E-state index contributed by atoms with van der Waals surface area (Å²) >= 11 is 6.02. The number of hydrogen-bond donors (Lipinski definition) is 0. The van der Waals surface area contributed by atoms with Gasteiger partial charge in [0.2, 0.25) is 5.91 Å². The predicted molar refractivity (Wildman–Crippen MR) is 79.5 cm³/mol. The Morgan fingerprint density at radius 1 is 1.37 bits per heavy atom. The molecule has 2 nitrogen and oxygen atoms in total. The zero-order chi connectivity index (χ0) is 13.7. The highest BCUT2D eigenvalue weighted by molar-refractivity contribution is 6.18. The van der Waals surface area contributed by atoms with Gasteiger partial charge in [-0.2, -0.15) is 0 Å². The van der Waals surface area contributed by atoms with Crippen LogP contribution in [0.1, 0.15) is 44.1 Å². The van der Waals surface area contributed by atoms with Crippen molar-refractivity contribution in [3.05, 3.63) is 35.9 Å². The van der Waals surface area contributed by atoms with Gasteiger partial charge in [0.25, 0.3) is 0 Å². The Bertz CT molecular complexity index is 406. The second-order valence-electron chi connectivity index (χ2n) is 5.21. The molecular formula is C16H22ClNO. The van der Waals surface area contributed by atoms with E-state index < -0.39 is 0 Å². The van der Waals surface area contributed by atoms with E-state index in [4.69, 9.17) is 11.6 Å². The fraction of sp³-hybridized carbons (Fsp3) is 0.562. The van der Waals surface area contributed by atoms with Gasteiger partial charge < -0.3 is 4.90 Å². The molecule has 104 valence electrons. The number of amides is 1. The van der Waals surface area contributed by atoms with Crippen LogP contribution >= 0.6 is 11.6 Å². The van der Waals surface area contributed by atoms with E-state index in [0.717, 1.165) is 31.4 Å². The molecule has 19 heavy (non-hydrogen) atoms. The molecule has 0 N–H and O–H groups in total. The van der Waals surface area contributed by atoms with Crippen molar-refractivity contribution >= 4 is 17.5 Å². The molecule has 0 aliphatic carbocycles. The van der Waals surface area contributed by atoms with Gasteiger partial charge >= 0.3 is 0 Å². The third kappa shape index (κ3) is 3.30. The Morgan fingerprint density at radius 3 is 2.74 bits per heavy atom. The van der Waals surface area contributed by atoms with Gasteiger partial charge in [-0.15, -0.1) is 11.6 Å². The number of hydrogen-bond acceptors (Lipinski definition) is 1. The van der Waals surface area contributed by atoms with Crippen LogP contribution in [-0.2, 0) is 4.79 Å². The van der Waals surface area contributed by atoms with Gasteiger partial charge in [-0.25, -0.2) is 0 Å². The first-order valence-electron chi connectivity index (χ1n) is 7.19. The zero-order valence-electron chi connectivity index (χ0n) is 11.5. The van der Waals surface area contributed by atoms with Crippen LogP contribution in [0, 0.1) is 0 Å². The molecule has 1 amide bonds. The molecule has 0 aromatic heterocycles. The molecule has 1 fully saturated rings. The van der Waals surface area contributed by atoms with E-state index in [2.05, 4.69) is 6.92 Å². The average Bonchev–Trinajstić information content (AvgIpc) is 2.49. The van der Waals surface area contributed by atoms with Crippen molar-refractivity contribution in [2.45, 2.75) is 44.6 Å². The molecule has 2 rings (SSSR count). The van der Waals surface area contributed by atoms with Crippen molar-refractivity contribution in [1.82, 2.24) is 4.90 Å². The van der Waals surface area contributed by atoms with Crippen LogP contribution in [0.15, 0.2) is 30.3 Å². The number of carbonyl (C=O) groups is 1. The minimum Gasteiger partial charge on any atom is -0.338 e. The molecule has 0 saturated carbocycles. The third-order valence-electron chi connectivity index (χ3n) is 4.00. The number of rotatable bonds is 4. The molecule has 0 spiro atoms. The number of halogens is 1. The summed E-state index contributed by atoms with van der Waals surface area (Å²) in [7, 11) is 0. The molecule has 1 aromatic carbocycles. The number of likely N-dealkylation sites (tertiary alicyclic amines) is 1. The molecule has 1 aromatic rings. The number of benzene rings is 1. The summed E-state index contributed by atoms with van der Waals surface area (Å²) in [6.07, 6.45) is 4.17. The first-order chi connectivity index (χ1) is 9.27. The molecule has 1 aliphatic heterocycles. The van der Waals surface area contributed by atoms with Crippen molar-refractivity contribution in [1.29, 1.82) is 0 Å². The summed E-state index contributed by atoms with van der Waals surface area (Å²) in [4.78, 5) is 14.8. The highest BCUT2D eigenvalue weighted by Gasteiger charge is 2.30. The minimum atomic E-state index is -0.0231. The van der Waals surface area contributed by atoms with Crippen molar-refractivity contribution in [2.24, 2.45) is 0 Å². The first-order valence-corrected chi connectivity index (χ1v) is 7.72. The lowest BCUT2D eigenvalue weighted by Gasteiger charge is -2.37.